The van der Waals surface area contributed by atoms with Gasteiger partial charge in [-0.05, 0) is 36.6 Å². The normalized spacial score (nSPS) is 17.4. The van der Waals surface area contributed by atoms with Crippen molar-refractivity contribution in [1.82, 2.24) is 20.2 Å². The van der Waals surface area contributed by atoms with Crippen LogP contribution in [0.1, 0.15) is 45.1 Å². The van der Waals surface area contributed by atoms with Crippen molar-refractivity contribution in [3.8, 4) is 0 Å². The van der Waals surface area contributed by atoms with Crippen LogP contribution in [0.25, 0.3) is 0 Å². The Labute approximate surface area is 122 Å². The molecule has 1 aromatic rings. The average molecular weight is 300 g/mol. The SMILES string of the molecule is CCOC(CCSc1nnnn1C1CCCC1)C(=O)O. The highest BCUT2D eigenvalue weighted by atomic mass is 32.2. The van der Waals surface area contributed by atoms with E-state index in [1.54, 1.807) is 6.92 Å². The van der Waals surface area contributed by atoms with Gasteiger partial charge >= 0.3 is 5.97 Å². The summed E-state index contributed by atoms with van der Waals surface area (Å²) in [4.78, 5) is 11.0. The van der Waals surface area contributed by atoms with Crippen molar-refractivity contribution >= 4 is 17.7 Å². The van der Waals surface area contributed by atoms with Gasteiger partial charge in [-0.3, -0.25) is 0 Å². The minimum atomic E-state index is -0.914. The molecule has 1 unspecified atom stereocenters. The molecule has 0 spiro atoms. The first-order chi connectivity index (χ1) is 9.72. The molecular formula is C12H20N4O3S. The number of ether oxygens (including phenoxy) is 1. The second-order valence-electron chi connectivity index (χ2n) is 4.76. The molecule has 0 saturated heterocycles. The van der Waals surface area contributed by atoms with Gasteiger partial charge in [0.25, 0.3) is 0 Å². The maximum Gasteiger partial charge on any atom is 0.332 e. The van der Waals surface area contributed by atoms with Crippen LogP contribution in [0.4, 0.5) is 0 Å². The second-order valence-corrected chi connectivity index (χ2v) is 5.83. The fraction of sp³-hybridized carbons (Fsp3) is 0.833. The Kier molecular flexibility index (Phi) is 5.78. The fourth-order valence-corrected chi connectivity index (χ4v) is 3.32. The van der Waals surface area contributed by atoms with Crippen LogP contribution >= 0.6 is 11.8 Å². The minimum absolute atomic E-state index is 0.398. The quantitative estimate of drug-likeness (QED) is 0.731. The second kappa shape index (κ2) is 7.58. The Balaban J connectivity index is 1.84. The summed E-state index contributed by atoms with van der Waals surface area (Å²) in [5.41, 5.74) is 0. The third-order valence-corrected chi connectivity index (χ3v) is 4.35. The number of carboxylic acid groups (broad SMARTS) is 1. The average Bonchev–Trinajstić information content (AvgIpc) is 3.07. The molecule has 1 aromatic heterocycles. The zero-order chi connectivity index (χ0) is 14.4. The number of carbonyl (C=O) groups is 1. The van der Waals surface area contributed by atoms with Gasteiger partial charge in [-0.1, -0.05) is 24.6 Å². The van der Waals surface area contributed by atoms with E-state index in [1.165, 1.54) is 24.6 Å². The maximum absolute atomic E-state index is 11.0. The van der Waals surface area contributed by atoms with Gasteiger partial charge in [0.15, 0.2) is 6.10 Å². The Morgan fingerprint density at radius 3 is 2.95 bits per heavy atom. The molecule has 1 atom stereocenters. The van der Waals surface area contributed by atoms with Gasteiger partial charge in [0.1, 0.15) is 0 Å². The van der Waals surface area contributed by atoms with E-state index in [2.05, 4.69) is 15.5 Å². The van der Waals surface area contributed by atoms with Gasteiger partial charge in [0.2, 0.25) is 5.16 Å². The Hall–Kier alpha value is -1.15. The van der Waals surface area contributed by atoms with E-state index < -0.39 is 12.1 Å². The van der Waals surface area contributed by atoms with Gasteiger partial charge in [0, 0.05) is 12.4 Å². The molecule has 1 fully saturated rings. The first-order valence-electron chi connectivity index (χ1n) is 6.97. The van der Waals surface area contributed by atoms with E-state index in [4.69, 9.17) is 9.84 Å². The van der Waals surface area contributed by atoms with E-state index in [0.717, 1.165) is 18.0 Å². The van der Waals surface area contributed by atoms with E-state index in [0.29, 0.717) is 24.8 Å². The fourth-order valence-electron chi connectivity index (χ4n) is 2.40. The van der Waals surface area contributed by atoms with Crippen LogP contribution in [0, 0.1) is 0 Å². The van der Waals surface area contributed by atoms with Crippen molar-refractivity contribution in [1.29, 1.82) is 0 Å². The van der Waals surface area contributed by atoms with Crippen molar-refractivity contribution in [2.45, 2.75) is 56.3 Å². The molecule has 1 aliphatic rings. The summed E-state index contributed by atoms with van der Waals surface area (Å²) in [5, 5.41) is 21.6. The Morgan fingerprint density at radius 2 is 2.30 bits per heavy atom. The van der Waals surface area contributed by atoms with E-state index in [-0.39, 0.29) is 0 Å². The van der Waals surface area contributed by atoms with Gasteiger partial charge in [-0.15, -0.1) is 5.10 Å². The van der Waals surface area contributed by atoms with Crippen molar-refractivity contribution in [2.75, 3.05) is 12.4 Å². The summed E-state index contributed by atoms with van der Waals surface area (Å²) in [5.74, 6) is -0.285. The summed E-state index contributed by atoms with van der Waals surface area (Å²) in [7, 11) is 0. The topological polar surface area (TPSA) is 90.1 Å². The summed E-state index contributed by atoms with van der Waals surface area (Å²) in [6, 6.07) is 0.398. The first-order valence-corrected chi connectivity index (χ1v) is 7.96. The zero-order valence-corrected chi connectivity index (χ0v) is 12.4. The van der Waals surface area contributed by atoms with Gasteiger partial charge in [-0.2, -0.15) is 0 Å². The zero-order valence-electron chi connectivity index (χ0n) is 11.6. The monoisotopic (exact) mass is 300 g/mol. The van der Waals surface area contributed by atoms with Crippen LogP contribution < -0.4 is 0 Å². The number of tetrazole rings is 1. The lowest BCUT2D eigenvalue weighted by Crippen LogP contribution is -2.24. The predicted molar refractivity (Wildman–Crippen MR) is 73.7 cm³/mol. The lowest BCUT2D eigenvalue weighted by atomic mass is 10.3. The highest BCUT2D eigenvalue weighted by molar-refractivity contribution is 7.99. The molecule has 1 saturated carbocycles. The molecule has 20 heavy (non-hydrogen) atoms. The molecule has 0 bridgehead atoms. The molecule has 8 heteroatoms. The molecule has 0 amide bonds. The molecule has 1 N–H and O–H groups in total. The van der Waals surface area contributed by atoms with Gasteiger partial charge < -0.3 is 9.84 Å². The van der Waals surface area contributed by atoms with Crippen LogP contribution in [0.5, 0.6) is 0 Å². The summed E-state index contributed by atoms with van der Waals surface area (Å²) >= 11 is 1.50. The number of hydrogen-bond acceptors (Lipinski definition) is 6. The van der Waals surface area contributed by atoms with Crippen LogP contribution in [0.2, 0.25) is 0 Å². The smallest absolute Gasteiger partial charge is 0.332 e. The van der Waals surface area contributed by atoms with E-state index in [1.807, 2.05) is 4.68 Å². The molecule has 7 nitrogen and oxygen atoms in total. The van der Waals surface area contributed by atoms with Crippen LogP contribution in [0.3, 0.4) is 0 Å². The van der Waals surface area contributed by atoms with Crippen molar-refractivity contribution < 1.29 is 14.6 Å². The van der Waals surface area contributed by atoms with Gasteiger partial charge in [0.05, 0.1) is 6.04 Å². The summed E-state index contributed by atoms with van der Waals surface area (Å²) in [6.07, 6.45) is 4.39. The number of nitrogens with zero attached hydrogens (tertiary/aromatic N) is 4. The highest BCUT2D eigenvalue weighted by Crippen LogP contribution is 2.31. The van der Waals surface area contributed by atoms with E-state index in [9.17, 15) is 4.79 Å². The molecule has 112 valence electrons. The van der Waals surface area contributed by atoms with Crippen LogP contribution in [0.15, 0.2) is 5.16 Å². The van der Waals surface area contributed by atoms with E-state index >= 15 is 0 Å². The molecule has 2 rings (SSSR count). The lowest BCUT2D eigenvalue weighted by molar-refractivity contribution is -0.150. The minimum Gasteiger partial charge on any atom is -0.479 e. The molecule has 1 heterocycles. The molecular weight excluding hydrogens is 280 g/mol. The Bertz CT molecular complexity index is 434. The standard InChI is InChI=1S/C12H20N4O3S/c1-2-19-10(11(17)18)7-8-20-12-13-14-15-16(12)9-5-3-4-6-9/h9-10H,2-8H2,1H3,(H,17,18). The first kappa shape index (κ1) is 15.2. The third-order valence-electron chi connectivity index (χ3n) is 3.39. The van der Waals surface area contributed by atoms with Crippen molar-refractivity contribution in [3.05, 3.63) is 0 Å². The number of rotatable bonds is 8. The van der Waals surface area contributed by atoms with Crippen molar-refractivity contribution in [3.63, 3.8) is 0 Å². The predicted octanol–water partition coefficient (Wildman–Crippen LogP) is 1.76. The third kappa shape index (κ3) is 3.92. The van der Waals surface area contributed by atoms with Gasteiger partial charge in [-0.25, -0.2) is 9.48 Å². The number of hydrogen-bond donors (Lipinski definition) is 1. The van der Waals surface area contributed by atoms with Crippen LogP contribution in [-0.4, -0.2) is 49.7 Å². The largest absolute Gasteiger partial charge is 0.479 e. The number of thioether (sulfide) groups is 1. The number of aliphatic carboxylic acids is 1. The Morgan fingerprint density at radius 1 is 1.55 bits per heavy atom. The lowest BCUT2D eigenvalue weighted by Gasteiger charge is -2.13. The maximum atomic E-state index is 11.0. The molecule has 0 radical (unpaired) electrons. The van der Waals surface area contributed by atoms with Crippen molar-refractivity contribution in [2.24, 2.45) is 0 Å². The summed E-state index contributed by atoms with van der Waals surface area (Å²) in [6.45, 7) is 2.20. The summed E-state index contributed by atoms with van der Waals surface area (Å²) < 4.78 is 7.06. The molecule has 0 aromatic carbocycles. The van der Waals surface area contributed by atoms with Crippen LogP contribution in [-0.2, 0) is 9.53 Å². The number of aromatic nitrogens is 4. The highest BCUT2D eigenvalue weighted by Gasteiger charge is 2.22. The number of carboxylic acids is 1. The molecule has 1 aliphatic carbocycles. The molecule has 0 aliphatic heterocycles.